The van der Waals surface area contributed by atoms with E-state index in [2.05, 4.69) is 9.97 Å². The Kier molecular flexibility index (Phi) is 2.75. The van der Waals surface area contributed by atoms with E-state index >= 15 is 0 Å². The molecule has 4 nitrogen and oxygen atoms in total. The number of Topliss-reactive ketones (excluding diaryl/α,β-unsaturated/α-hetero) is 1. The summed E-state index contributed by atoms with van der Waals surface area (Å²) in [5.41, 5.74) is 1.69. The van der Waals surface area contributed by atoms with Crippen LogP contribution >= 0.6 is 0 Å². The number of rotatable bonds is 2. The standard InChI is InChI=1S/C13H16N2O2/c1-13(2,3)12(17)11(16)8-4-5-9-10(6-8)15-7-14-9/h4-7,11,16H,1-3H3,(H,14,15). The molecule has 1 atom stereocenters. The summed E-state index contributed by atoms with van der Waals surface area (Å²) in [6.45, 7) is 5.40. The van der Waals surface area contributed by atoms with Crippen LogP contribution in [0.3, 0.4) is 0 Å². The maximum Gasteiger partial charge on any atom is 0.171 e. The second-order valence-electron chi connectivity index (χ2n) is 5.20. The summed E-state index contributed by atoms with van der Waals surface area (Å²) in [4.78, 5) is 19.0. The van der Waals surface area contributed by atoms with Crippen molar-refractivity contribution in [3.8, 4) is 0 Å². The molecular weight excluding hydrogens is 216 g/mol. The summed E-state index contributed by atoms with van der Waals surface area (Å²) >= 11 is 0. The van der Waals surface area contributed by atoms with Crippen LogP contribution in [-0.2, 0) is 4.79 Å². The molecule has 0 radical (unpaired) electrons. The fraction of sp³-hybridized carbons (Fsp3) is 0.385. The summed E-state index contributed by atoms with van der Waals surface area (Å²) in [5.74, 6) is -0.184. The third kappa shape index (κ3) is 2.22. The predicted octanol–water partition coefficient (Wildman–Crippen LogP) is 2.21. The number of aromatic nitrogens is 2. The number of carbonyl (C=O) groups is 1. The van der Waals surface area contributed by atoms with Gasteiger partial charge in [0.15, 0.2) is 5.78 Å². The zero-order chi connectivity index (χ0) is 12.6. The number of ketones is 1. The Morgan fingerprint density at radius 1 is 1.41 bits per heavy atom. The minimum atomic E-state index is -1.08. The van der Waals surface area contributed by atoms with Gasteiger partial charge in [0.05, 0.1) is 17.4 Å². The molecule has 0 fully saturated rings. The topological polar surface area (TPSA) is 66.0 Å². The lowest BCUT2D eigenvalue weighted by Gasteiger charge is -2.21. The smallest absolute Gasteiger partial charge is 0.171 e. The van der Waals surface area contributed by atoms with Gasteiger partial charge in [-0.2, -0.15) is 0 Å². The predicted molar refractivity (Wildman–Crippen MR) is 65.5 cm³/mol. The van der Waals surface area contributed by atoms with E-state index in [-0.39, 0.29) is 5.78 Å². The molecule has 2 rings (SSSR count). The van der Waals surface area contributed by atoms with Gasteiger partial charge < -0.3 is 10.1 Å². The highest BCUT2D eigenvalue weighted by Crippen LogP contribution is 2.26. The van der Waals surface area contributed by atoms with Crippen molar-refractivity contribution in [1.29, 1.82) is 0 Å². The van der Waals surface area contributed by atoms with Crippen molar-refractivity contribution in [1.82, 2.24) is 9.97 Å². The average Bonchev–Trinajstić information content (AvgIpc) is 2.72. The van der Waals surface area contributed by atoms with Gasteiger partial charge in [0, 0.05) is 5.41 Å². The van der Waals surface area contributed by atoms with E-state index < -0.39 is 11.5 Å². The highest BCUT2D eigenvalue weighted by atomic mass is 16.3. The summed E-state index contributed by atoms with van der Waals surface area (Å²) in [6.07, 6.45) is 0.509. The van der Waals surface area contributed by atoms with Crippen molar-refractivity contribution in [2.45, 2.75) is 26.9 Å². The van der Waals surface area contributed by atoms with Crippen LogP contribution in [0.5, 0.6) is 0 Å². The van der Waals surface area contributed by atoms with Crippen LogP contribution in [0.1, 0.15) is 32.4 Å². The van der Waals surface area contributed by atoms with Crippen LogP contribution < -0.4 is 0 Å². The summed E-state index contributed by atoms with van der Waals surface area (Å²) in [7, 11) is 0. The van der Waals surface area contributed by atoms with E-state index in [4.69, 9.17) is 0 Å². The molecule has 0 aliphatic heterocycles. The zero-order valence-electron chi connectivity index (χ0n) is 10.2. The number of aromatic amines is 1. The first-order valence-corrected chi connectivity index (χ1v) is 5.55. The molecule has 1 aromatic heterocycles. The molecule has 1 unspecified atom stereocenters. The molecular formula is C13H16N2O2. The van der Waals surface area contributed by atoms with Crippen molar-refractivity contribution in [2.24, 2.45) is 5.41 Å². The van der Waals surface area contributed by atoms with Crippen LogP contribution in [0.15, 0.2) is 24.5 Å². The molecule has 0 aliphatic rings. The molecule has 2 N–H and O–H groups in total. The molecule has 1 aromatic carbocycles. The monoisotopic (exact) mass is 232 g/mol. The molecule has 0 saturated carbocycles. The molecule has 0 bridgehead atoms. The number of aliphatic hydroxyl groups excluding tert-OH is 1. The van der Waals surface area contributed by atoms with E-state index in [0.717, 1.165) is 11.0 Å². The van der Waals surface area contributed by atoms with Crippen molar-refractivity contribution < 1.29 is 9.90 Å². The Hall–Kier alpha value is -1.68. The summed E-state index contributed by atoms with van der Waals surface area (Å²) in [5, 5.41) is 10.0. The Labute approximate surface area is 99.7 Å². The first kappa shape index (κ1) is 11.8. The Morgan fingerprint density at radius 3 is 2.76 bits per heavy atom. The second-order valence-corrected chi connectivity index (χ2v) is 5.20. The molecule has 0 amide bonds. The normalized spacial score (nSPS) is 13.9. The molecule has 4 heteroatoms. The van der Waals surface area contributed by atoms with E-state index in [1.54, 1.807) is 45.3 Å². The van der Waals surface area contributed by atoms with Crippen molar-refractivity contribution in [3.63, 3.8) is 0 Å². The number of benzene rings is 1. The fourth-order valence-corrected chi connectivity index (χ4v) is 1.68. The zero-order valence-corrected chi connectivity index (χ0v) is 10.2. The van der Waals surface area contributed by atoms with E-state index in [0.29, 0.717) is 5.56 Å². The van der Waals surface area contributed by atoms with Gasteiger partial charge in [0.2, 0.25) is 0 Å². The van der Waals surface area contributed by atoms with Gasteiger partial charge in [0.1, 0.15) is 6.10 Å². The van der Waals surface area contributed by atoms with E-state index in [1.165, 1.54) is 0 Å². The van der Waals surface area contributed by atoms with Crippen molar-refractivity contribution in [2.75, 3.05) is 0 Å². The van der Waals surface area contributed by atoms with Gasteiger partial charge in [0.25, 0.3) is 0 Å². The van der Waals surface area contributed by atoms with Crippen LogP contribution in [-0.4, -0.2) is 20.9 Å². The van der Waals surface area contributed by atoms with Gasteiger partial charge in [-0.1, -0.05) is 26.8 Å². The number of H-pyrrole nitrogens is 1. The number of carbonyl (C=O) groups excluding carboxylic acids is 1. The van der Waals surface area contributed by atoms with Crippen molar-refractivity contribution in [3.05, 3.63) is 30.1 Å². The quantitative estimate of drug-likeness (QED) is 0.834. The van der Waals surface area contributed by atoms with Crippen LogP contribution in [0.4, 0.5) is 0 Å². The second kappa shape index (κ2) is 3.96. The lowest BCUT2D eigenvalue weighted by Crippen LogP contribution is -2.26. The van der Waals surface area contributed by atoms with Gasteiger partial charge in [-0.3, -0.25) is 4.79 Å². The van der Waals surface area contributed by atoms with Crippen LogP contribution in [0.25, 0.3) is 11.0 Å². The third-order valence-electron chi connectivity index (χ3n) is 2.75. The number of nitrogens with zero attached hydrogens (tertiary/aromatic N) is 1. The highest BCUT2D eigenvalue weighted by molar-refractivity contribution is 5.89. The number of hydrogen-bond donors (Lipinski definition) is 2. The molecule has 1 heterocycles. The van der Waals surface area contributed by atoms with Gasteiger partial charge in [-0.05, 0) is 17.7 Å². The Bertz CT molecular complexity index is 552. The number of hydrogen-bond acceptors (Lipinski definition) is 3. The maximum atomic E-state index is 12.0. The third-order valence-corrected chi connectivity index (χ3v) is 2.75. The molecule has 90 valence electrons. The molecule has 0 aliphatic carbocycles. The minimum Gasteiger partial charge on any atom is -0.381 e. The SMILES string of the molecule is CC(C)(C)C(=O)C(O)c1ccc2nc[nH]c2c1. The van der Waals surface area contributed by atoms with Crippen LogP contribution in [0, 0.1) is 5.41 Å². The number of imidazole rings is 1. The Balaban J connectivity index is 2.36. The van der Waals surface area contributed by atoms with Gasteiger partial charge >= 0.3 is 0 Å². The first-order chi connectivity index (χ1) is 7.89. The lowest BCUT2D eigenvalue weighted by atomic mass is 9.85. The number of aliphatic hydroxyl groups is 1. The number of fused-ring (bicyclic) bond motifs is 1. The minimum absolute atomic E-state index is 0.184. The molecule has 2 aromatic rings. The van der Waals surface area contributed by atoms with Crippen LogP contribution in [0.2, 0.25) is 0 Å². The fourth-order valence-electron chi connectivity index (χ4n) is 1.68. The lowest BCUT2D eigenvalue weighted by molar-refractivity contribution is -0.135. The van der Waals surface area contributed by atoms with E-state index in [1.807, 2.05) is 0 Å². The summed E-state index contributed by atoms with van der Waals surface area (Å²) < 4.78 is 0. The highest BCUT2D eigenvalue weighted by Gasteiger charge is 2.29. The average molecular weight is 232 g/mol. The largest absolute Gasteiger partial charge is 0.381 e. The van der Waals surface area contributed by atoms with Gasteiger partial charge in [-0.15, -0.1) is 0 Å². The van der Waals surface area contributed by atoms with Crippen molar-refractivity contribution >= 4 is 16.8 Å². The van der Waals surface area contributed by atoms with Gasteiger partial charge in [-0.25, -0.2) is 4.98 Å². The number of nitrogens with one attached hydrogen (secondary N) is 1. The molecule has 0 spiro atoms. The molecule has 17 heavy (non-hydrogen) atoms. The first-order valence-electron chi connectivity index (χ1n) is 5.55. The Morgan fingerprint density at radius 2 is 2.12 bits per heavy atom. The summed E-state index contributed by atoms with van der Waals surface area (Å²) in [6, 6.07) is 5.29. The van der Waals surface area contributed by atoms with E-state index in [9.17, 15) is 9.90 Å². The maximum absolute atomic E-state index is 12.0. The molecule has 0 saturated heterocycles.